The molecule has 4 heteroatoms. The summed E-state index contributed by atoms with van der Waals surface area (Å²) in [6, 6.07) is 10.3. The van der Waals surface area contributed by atoms with E-state index in [0.29, 0.717) is 23.7 Å². The van der Waals surface area contributed by atoms with Gasteiger partial charge < -0.3 is 10.2 Å². The molecule has 2 fully saturated rings. The van der Waals surface area contributed by atoms with Gasteiger partial charge in [-0.1, -0.05) is 0 Å². The molecule has 2 aliphatic rings. The second kappa shape index (κ2) is 5.75. The molecule has 1 aromatic rings. The number of anilines is 1. The molecule has 0 spiro atoms. The van der Waals surface area contributed by atoms with Crippen molar-refractivity contribution in [1.82, 2.24) is 5.32 Å². The van der Waals surface area contributed by atoms with Gasteiger partial charge in [-0.25, -0.2) is 0 Å². The van der Waals surface area contributed by atoms with Crippen LogP contribution < -0.4 is 10.2 Å². The third-order valence-corrected chi connectivity index (χ3v) is 5.29. The van der Waals surface area contributed by atoms with Crippen molar-refractivity contribution in [3.05, 3.63) is 28.2 Å². The van der Waals surface area contributed by atoms with E-state index in [1.807, 2.05) is 6.07 Å². The lowest BCUT2D eigenvalue weighted by Gasteiger charge is -2.38. The van der Waals surface area contributed by atoms with E-state index in [0.717, 1.165) is 11.0 Å². The lowest BCUT2D eigenvalue weighted by atomic mass is 9.97. The van der Waals surface area contributed by atoms with Crippen LogP contribution in [0.3, 0.4) is 0 Å². The monoisotopic (exact) mass is 333 g/mol. The van der Waals surface area contributed by atoms with E-state index in [1.54, 1.807) is 0 Å². The number of benzene rings is 1. The predicted molar refractivity (Wildman–Crippen MR) is 84.8 cm³/mol. The van der Waals surface area contributed by atoms with Gasteiger partial charge >= 0.3 is 0 Å². The van der Waals surface area contributed by atoms with Crippen molar-refractivity contribution in [2.45, 2.75) is 50.7 Å². The minimum absolute atomic E-state index is 0.624. The molecule has 0 aliphatic carbocycles. The standard InChI is InChI=1S/C16H20BrN3/c1-2-20(14-6-3-11(10-18)16(17)9-14)15-7-12-4-5-13(8-15)19-12/h3,6,9,12-13,15,19H,2,4-5,7-8H2,1H3. The summed E-state index contributed by atoms with van der Waals surface area (Å²) in [5, 5.41) is 12.7. The van der Waals surface area contributed by atoms with Gasteiger partial charge in [0.2, 0.25) is 0 Å². The largest absolute Gasteiger partial charge is 0.369 e. The van der Waals surface area contributed by atoms with Crippen LogP contribution in [0.1, 0.15) is 38.2 Å². The molecule has 0 radical (unpaired) electrons. The lowest BCUT2D eigenvalue weighted by Crippen LogP contribution is -2.48. The minimum atomic E-state index is 0.624. The van der Waals surface area contributed by atoms with Crippen LogP contribution in [0.4, 0.5) is 5.69 Å². The first-order chi connectivity index (χ1) is 9.71. The van der Waals surface area contributed by atoms with Crippen LogP contribution in [-0.2, 0) is 0 Å². The quantitative estimate of drug-likeness (QED) is 0.920. The third-order valence-electron chi connectivity index (χ3n) is 4.63. The summed E-state index contributed by atoms with van der Waals surface area (Å²) in [4.78, 5) is 2.50. The third kappa shape index (κ3) is 2.57. The zero-order valence-electron chi connectivity index (χ0n) is 11.8. The van der Waals surface area contributed by atoms with Crippen molar-refractivity contribution >= 4 is 21.6 Å². The second-order valence-electron chi connectivity index (χ2n) is 5.83. The van der Waals surface area contributed by atoms with E-state index in [4.69, 9.17) is 5.26 Å². The minimum Gasteiger partial charge on any atom is -0.369 e. The van der Waals surface area contributed by atoms with Gasteiger partial charge in [-0.3, -0.25) is 0 Å². The zero-order valence-corrected chi connectivity index (χ0v) is 13.4. The molecule has 0 aromatic heterocycles. The van der Waals surface area contributed by atoms with Gasteiger partial charge in [0.05, 0.1) is 5.56 Å². The van der Waals surface area contributed by atoms with Crippen LogP contribution in [0.25, 0.3) is 0 Å². The van der Waals surface area contributed by atoms with Gasteiger partial charge in [-0.15, -0.1) is 0 Å². The van der Waals surface area contributed by atoms with Gasteiger partial charge in [0, 0.05) is 34.8 Å². The molecule has 0 amide bonds. The number of rotatable bonds is 3. The van der Waals surface area contributed by atoms with Gasteiger partial charge in [-0.05, 0) is 66.7 Å². The molecule has 20 heavy (non-hydrogen) atoms. The Balaban J connectivity index is 1.83. The zero-order chi connectivity index (χ0) is 14.1. The fourth-order valence-corrected chi connectivity index (χ4v) is 4.16. The summed E-state index contributed by atoms with van der Waals surface area (Å²) < 4.78 is 0.896. The molecule has 2 saturated heterocycles. The number of fused-ring (bicyclic) bond motifs is 2. The molecule has 1 aromatic carbocycles. The first kappa shape index (κ1) is 13.9. The Kier molecular flexibility index (Phi) is 4.00. The first-order valence-corrected chi connectivity index (χ1v) is 8.23. The maximum atomic E-state index is 9.03. The Morgan fingerprint density at radius 3 is 2.60 bits per heavy atom. The Bertz CT molecular complexity index is 525. The van der Waals surface area contributed by atoms with Crippen molar-refractivity contribution in [1.29, 1.82) is 5.26 Å². The molecule has 2 aliphatic heterocycles. The van der Waals surface area contributed by atoms with Gasteiger partial charge in [-0.2, -0.15) is 5.26 Å². The van der Waals surface area contributed by atoms with Crippen molar-refractivity contribution < 1.29 is 0 Å². The topological polar surface area (TPSA) is 39.1 Å². The molecule has 2 heterocycles. The molecule has 106 valence electrons. The first-order valence-electron chi connectivity index (χ1n) is 7.43. The van der Waals surface area contributed by atoms with E-state index < -0.39 is 0 Å². The van der Waals surface area contributed by atoms with E-state index in [-0.39, 0.29) is 0 Å². The van der Waals surface area contributed by atoms with Crippen molar-refractivity contribution in [2.24, 2.45) is 0 Å². The molecule has 3 nitrogen and oxygen atoms in total. The molecule has 3 rings (SSSR count). The summed E-state index contributed by atoms with van der Waals surface area (Å²) in [5.41, 5.74) is 1.93. The Labute approximate surface area is 129 Å². The number of piperidine rings is 1. The molecule has 2 atom stereocenters. The summed E-state index contributed by atoms with van der Waals surface area (Å²) in [7, 11) is 0. The Hall–Kier alpha value is -1.05. The highest BCUT2D eigenvalue weighted by molar-refractivity contribution is 9.10. The number of halogens is 1. The van der Waals surface area contributed by atoms with Crippen LogP contribution in [0.15, 0.2) is 22.7 Å². The van der Waals surface area contributed by atoms with Crippen LogP contribution in [-0.4, -0.2) is 24.7 Å². The van der Waals surface area contributed by atoms with Crippen molar-refractivity contribution in [3.63, 3.8) is 0 Å². The number of nitrogens with one attached hydrogen (secondary N) is 1. The number of nitrogens with zero attached hydrogens (tertiary/aromatic N) is 2. The highest BCUT2D eigenvalue weighted by Crippen LogP contribution is 2.33. The predicted octanol–water partition coefficient (Wildman–Crippen LogP) is 3.43. The lowest BCUT2D eigenvalue weighted by molar-refractivity contribution is 0.349. The molecule has 2 unspecified atom stereocenters. The van der Waals surface area contributed by atoms with E-state index in [2.05, 4.69) is 51.3 Å². The molecule has 0 saturated carbocycles. The second-order valence-corrected chi connectivity index (χ2v) is 6.68. The fourth-order valence-electron chi connectivity index (χ4n) is 3.71. The number of nitriles is 1. The maximum Gasteiger partial charge on any atom is 0.100 e. The summed E-state index contributed by atoms with van der Waals surface area (Å²) in [5.74, 6) is 0. The van der Waals surface area contributed by atoms with Crippen molar-refractivity contribution in [2.75, 3.05) is 11.4 Å². The molecule has 1 N–H and O–H groups in total. The van der Waals surface area contributed by atoms with Crippen LogP contribution >= 0.6 is 15.9 Å². The number of hydrogen-bond acceptors (Lipinski definition) is 3. The Morgan fingerprint density at radius 1 is 1.35 bits per heavy atom. The van der Waals surface area contributed by atoms with E-state index in [9.17, 15) is 0 Å². The normalized spacial score (nSPS) is 28.1. The summed E-state index contributed by atoms with van der Waals surface area (Å²) >= 11 is 3.50. The average molecular weight is 334 g/mol. The molecule has 2 bridgehead atoms. The highest BCUT2D eigenvalue weighted by Gasteiger charge is 2.35. The van der Waals surface area contributed by atoms with Gasteiger partial charge in [0.15, 0.2) is 0 Å². The molecular formula is C16H20BrN3. The highest BCUT2D eigenvalue weighted by atomic mass is 79.9. The Morgan fingerprint density at radius 2 is 2.05 bits per heavy atom. The van der Waals surface area contributed by atoms with Crippen molar-refractivity contribution in [3.8, 4) is 6.07 Å². The molecular weight excluding hydrogens is 314 g/mol. The average Bonchev–Trinajstić information content (AvgIpc) is 2.79. The van der Waals surface area contributed by atoms with E-state index in [1.165, 1.54) is 31.4 Å². The smallest absolute Gasteiger partial charge is 0.100 e. The van der Waals surface area contributed by atoms with Crippen LogP contribution in [0, 0.1) is 11.3 Å². The fraction of sp³-hybridized carbons (Fsp3) is 0.562. The maximum absolute atomic E-state index is 9.03. The van der Waals surface area contributed by atoms with E-state index >= 15 is 0 Å². The van der Waals surface area contributed by atoms with Crippen LogP contribution in [0.5, 0.6) is 0 Å². The summed E-state index contributed by atoms with van der Waals surface area (Å²) in [6.45, 7) is 3.23. The van der Waals surface area contributed by atoms with Crippen LogP contribution in [0.2, 0.25) is 0 Å². The summed E-state index contributed by atoms with van der Waals surface area (Å²) in [6.07, 6.45) is 5.13. The van der Waals surface area contributed by atoms with Gasteiger partial charge in [0.1, 0.15) is 6.07 Å². The SMILES string of the molecule is CCN(c1ccc(C#N)c(Br)c1)C1CC2CCC(C1)N2. The number of hydrogen-bond donors (Lipinski definition) is 1. The van der Waals surface area contributed by atoms with Gasteiger partial charge in [0.25, 0.3) is 0 Å².